The van der Waals surface area contributed by atoms with E-state index in [1.54, 1.807) is 0 Å². The number of nitrogens with one attached hydrogen (secondary N) is 3. The van der Waals surface area contributed by atoms with Crippen molar-refractivity contribution in [2.24, 2.45) is 0 Å². The van der Waals surface area contributed by atoms with E-state index in [2.05, 4.69) is 55.9 Å². The van der Waals surface area contributed by atoms with Crippen LogP contribution in [0.1, 0.15) is 28.0 Å². The van der Waals surface area contributed by atoms with Crippen molar-refractivity contribution < 1.29 is 4.79 Å². The average Bonchev–Trinajstić information content (AvgIpc) is 3.53. The lowest BCUT2D eigenvalue weighted by atomic mass is 10.1. The second kappa shape index (κ2) is 8.02. The molecular formula is C26H24N6O. The number of aromatic nitrogens is 3. The number of H-pyrrole nitrogens is 2. The Kier molecular flexibility index (Phi) is 4.72. The maximum absolute atomic E-state index is 12.8. The van der Waals surface area contributed by atoms with E-state index >= 15 is 0 Å². The molecule has 0 radical (unpaired) electrons. The fraction of sp³-hybridized carbons (Fsp3) is 0.154. The molecular weight excluding hydrogens is 412 g/mol. The lowest BCUT2D eigenvalue weighted by molar-refractivity contribution is 0.0763. The van der Waals surface area contributed by atoms with Gasteiger partial charge in [-0.15, -0.1) is 0 Å². The van der Waals surface area contributed by atoms with Crippen molar-refractivity contribution in [1.29, 1.82) is 0 Å². The molecule has 7 heteroatoms. The summed E-state index contributed by atoms with van der Waals surface area (Å²) < 4.78 is 0. The zero-order valence-corrected chi connectivity index (χ0v) is 18.1. The molecule has 0 spiro atoms. The maximum Gasteiger partial charge on any atom is 0.254 e. The minimum atomic E-state index is 0.0868. The van der Waals surface area contributed by atoms with Crippen molar-refractivity contribution in [3.8, 4) is 0 Å². The van der Waals surface area contributed by atoms with Crippen molar-refractivity contribution in [2.75, 3.05) is 18.4 Å². The first kappa shape index (κ1) is 19.4. The van der Waals surface area contributed by atoms with Crippen LogP contribution in [-0.2, 0) is 6.54 Å². The predicted octanol–water partition coefficient (Wildman–Crippen LogP) is 4.55. The van der Waals surface area contributed by atoms with E-state index in [4.69, 9.17) is 0 Å². The number of nitrogens with zero attached hydrogens (tertiary/aromatic N) is 3. The van der Waals surface area contributed by atoms with Gasteiger partial charge in [0.2, 0.25) is 0 Å². The number of rotatable bonds is 4. The fourth-order valence-electron chi connectivity index (χ4n) is 4.56. The second-order valence-electron chi connectivity index (χ2n) is 8.40. The summed E-state index contributed by atoms with van der Waals surface area (Å²) in [5.74, 6) is 0.0868. The zero-order chi connectivity index (χ0) is 22.2. The van der Waals surface area contributed by atoms with Crippen LogP contribution in [0.3, 0.4) is 0 Å². The highest BCUT2D eigenvalue weighted by Gasteiger charge is 2.24. The van der Waals surface area contributed by atoms with Gasteiger partial charge in [0.05, 0.1) is 24.0 Å². The number of carbonyl (C=O) groups is 1. The Morgan fingerprint density at radius 1 is 1.09 bits per heavy atom. The van der Waals surface area contributed by atoms with Crippen molar-refractivity contribution >= 4 is 28.2 Å². The summed E-state index contributed by atoms with van der Waals surface area (Å²) in [6.45, 7) is 2.11. The summed E-state index contributed by atoms with van der Waals surface area (Å²) in [4.78, 5) is 20.4. The Morgan fingerprint density at radius 2 is 2.00 bits per heavy atom. The van der Waals surface area contributed by atoms with Gasteiger partial charge in [0.15, 0.2) is 0 Å². The van der Waals surface area contributed by atoms with Crippen molar-refractivity contribution in [3.05, 3.63) is 102 Å². The van der Waals surface area contributed by atoms with Crippen LogP contribution >= 0.6 is 0 Å². The van der Waals surface area contributed by atoms with Gasteiger partial charge in [-0.05, 0) is 42.5 Å². The zero-order valence-electron chi connectivity index (χ0n) is 18.1. The standard InChI is InChI=1S/C26H24N6O/c33-26(18-4-2-1-3-5-18)31-12-9-21(10-13-31)32-16-24-22(8-11-27-24)25(17-32)29-20-6-7-23-19(14-20)15-28-30-23/h1-9,11,14-15,17,27,29H,10,12-13,16H2,(H,28,30). The van der Waals surface area contributed by atoms with E-state index in [1.807, 2.05) is 53.7 Å². The first-order valence-electron chi connectivity index (χ1n) is 11.1. The smallest absolute Gasteiger partial charge is 0.254 e. The normalized spacial score (nSPS) is 15.8. The Bertz CT molecular complexity index is 1380. The van der Waals surface area contributed by atoms with Crippen LogP contribution in [0.4, 0.5) is 5.69 Å². The van der Waals surface area contributed by atoms with Gasteiger partial charge < -0.3 is 20.1 Å². The highest BCUT2D eigenvalue weighted by atomic mass is 16.2. The minimum absolute atomic E-state index is 0.0868. The van der Waals surface area contributed by atoms with Gasteiger partial charge in [-0.2, -0.15) is 5.10 Å². The van der Waals surface area contributed by atoms with E-state index in [9.17, 15) is 4.79 Å². The monoisotopic (exact) mass is 436 g/mol. The molecule has 4 heterocycles. The van der Waals surface area contributed by atoms with E-state index in [1.165, 1.54) is 17.0 Å². The number of fused-ring (bicyclic) bond motifs is 2. The largest absolute Gasteiger partial charge is 0.363 e. The molecule has 0 unspecified atom stereocenters. The number of amides is 1. The Morgan fingerprint density at radius 3 is 2.85 bits per heavy atom. The van der Waals surface area contributed by atoms with Gasteiger partial charge in [-0.1, -0.05) is 18.2 Å². The molecule has 164 valence electrons. The number of anilines is 1. The van der Waals surface area contributed by atoms with Gasteiger partial charge in [0.25, 0.3) is 5.91 Å². The van der Waals surface area contributed by atoms with Crippen molar-refractivity contribution in [1.82, 2.24) is 25.0 Å². The van der Waals surface area contributed by atoms with Crippen LogP contribution in [0.15, 0.2) is 85.0 Å². The third-order valence-corrected chi connectivity index (χ3v) is 6.32. The maximum atomic E-state index is 12.8. The highest BCUT2D eigenvalue weighted by Crippen LogP contribution is 2.31. The predicted molar refractivity (Wildman–Crippen MR) is 129 cm³/mol. The molecule has 0 fully saturated rings. The molecule has 2 aliphatic heterocycles. The molecule has 2 aromatic heterocycles. The van der Waals surface area contributed by atoms with E-state index < -0.39 is 0 Å². The lowest BCUT2D eigenvalue weighted by Gasteiger charge is -2.34. The molecule has 1 amide bonds. The number of aromatic amines is 2. The summed E-state index contributed by atoms with van der Waals surface area (Å²) in [5, 5.41) is 11.8. The van der Waals surface area contributed by atoms with Crippen molar-refractivity contribution in [3.63, 3.8) is 0 Å². The van der Waals surface area contributed by atoms with Gasteiger partial charge >= 0.3 is 0 Å². The molecule has 4 aromatic rings. The minimum Gasteiger partial charge on any atom is -0.363 e. The molecule has 3 N–H and O–H groups in total. The highest BCUT2D eigenvalue weighted by molar-refractivity contribution is 5.94. The summed E-state index contributed by atoms with van der Waals surface area (Å²) in [6.07, 6.45) is 8.98. The summed E-state index contributed by atoms with van der Waals surface area (Å²) in [7, 11) is 0. The van der Waals surface area contributed by atoms with Gasteiger partial charge in [0.1, 0.15) is 0 Å². The molecule has 6 rings (SSSR count). The molecule has 0 bridgehead atoms. The third-order valence-electron chi connectivity index (χ3n) is 6.32. The molecule has 0 saturated carbocycles. The lowest BCUT2D eigenvalue weighted by Crippen LogP contribution is -2.37. The van der Waals surface area contributed by atoms with E-state index in [0.717, 1.165) is 40.8 Å². The van der Waals surface area contributed by atoms with Crippen LogP contribution in [0.2, 0.25) is 0 Å². The Labute approximate surface area is 191 Å². The van der Waals surface area contributed by atoms with Crippen LogP contribution in [0.25, 0.3) is 16.6 Å². The van der Waals surface area contributed by atoms with Crippen LogP contribution in [-0.4, -0.2) is 44.0 Å². The van der Waals surface area contributed by atoms with Crippen LogP contribution in [0, 0.1) is 0 Å². The molecule has 0 aliphatic carbocycles. The Hall–Kier alpha value is -4.26. The van der Waals surface area contributed by atoms with Gasteiger partial charge in [-0.25, -0.2) is 0 Å². The second-order valence-corrected chi connectivity index (χ2v) is 8.40. The third kappa shape index (κ3) is 3.67. The van der Waals surface area contributed by atoms with Crippen molar-refractivity contribution in [2.45, 2.75) is 13.0 Å². The number of carbonyl (C=O) groups excluding carboxylic acids is 1. The summed E-state index contributed by atoms with van der Waals surface area (Å²) in [6, 6.07) is 17.8. The van der Waals surface area contributed by atoms with E-state index in [-0.39, 0.29) is 5.91 Å². The molecule has 2 aliphatic rings. The SMILES string of the molecule is O=C(c1ccccc1)N1CC=C(N2C=C(Nc3ccc4[nH]ncc4c3)c3cc[nH]c3C2)CC1. The first-order valence-corrected chi connectivity index (χ1v) is 11.1. The molecule has 0 saturated heterocycles. The van der Waals surface area contributed by atoms with Crippen LogP contribution < -0.4 is 5.32 Å². The molecule has 0 atom stereocenters. The molecule has 2 aromatic carbocycles. The first-order chi connectivity index (χ1) is 16.2. The summed E-state index contributed by atoms with van der Waals surface area (Å²) in [5.41, 5.74) is 7.40. The fourth-order valence-corrected chi connectivity index (χ4v) is 4.56. The number of hydrogen-bond acceptors (Lipinski definition) is 4. The molecule has 33 heavy (non-hydrogen) atoms. The topological polar surface area (TPSA) is 80.1 Å². The van der Waals surface area contributed by atoms with E-state index in [0.29, 0.717) is 13.1 Å². The Balaban J connectivity index is 1.23. The number of hydrogen-bond donors (Lipinski definition) is 3. The quantitative estimate of drug-likeness (QED) is 0.439. The van der Waals surface area contributed by atoms with Crippen LogP contribution in [0.5, 0.6) is 0 Å². The summed E-state index contributed by atoms with van der Waals surface area (Å²) >= 11 is 0. The van der Waals surface area contributed by atoms with Gasteiger partial charge in [-0.3, -0.25) is 9.89 Å². The average molecular weight is 437 g/mol. The molecule has 7 nitrogen and oxygen atoms in total. The number of benzene rings is 2. The van der Waals surface area contributed by atoms with Gasteiger partial charge in [0, 0.05) is 65.5 Å².